The van der Waals surface area contributed by atoms with Gasteiger partial charge in [-0.15, -0.1) is 5.10 Å². The maximum absolute atomic E-state index is 13.7. The largest absolute Gasteiger partial charge is 0.381 e. The summed E-state index contributed by atoms with van der Waals surface area (Å²) in [5, 5.41) is 7.11. The molecule has 0 aliphatic heterocycles. The normalized spacial score (nSPS) is 11.8. The predicted molar refractivity (Wildman–Crippen MR) is 129 cm³/mol. The molecule has 0 aliphatic carbocycles. The Bertz CT molecular complexity index is 1670. The fraction of sp³-hybridized carbons (Fsp3) is 0.120. The van der Waals surface area contributed by atoms with Crippen LogP contribution in [0, 0.1) is 11.8 Å². The molecule has 5 aromatic rings. The lowest BCUT2D eigenvalue weighted by molar-refractivity contribution is 0.0941. The minimum atomic E-state index is -0.543. The molecule has 4 aromatic heterocycles. The predicted octanol–water partition coefficient (Wildman–Crippen LogP) is 2.58. The lowest BCUT2D eigenvalue weighted by Crippen LogP contribution is -2.34. The van der Waals surface area contributed by atoms with Gasteiger partial charge in [-0.1, -0.05) is 24.1 Å². The van der Waals surface area contributed by atoms with Crippen LogP contribution in [0.5, 0.6) is 0 Å². The van der Waals surface area contributed by atoms with E-state index in [4.69, 9.17) is 5.73 Å². The quantitative estimate of drug-likeness (QED) is 0.408. The first-order valence-electron chi connectivity index (χ1n) is 10.6. The topological polar surface area (TPSA) is 112 Å². The molecule has 1 unspecified atom stereocenters. The van der Waals surface area contributed by atoms with E-state index in [1.807, 2.05) is 49.4 Å². The van der Waals surface area contributed by atoms with Gasteiger partial charge in [-0.2, -0.15) is 0 Å². The third-order valence-electron chi connectivity index (χ3n) is 5.56. The molecule has 4 heterocycles. The first-order chi connectivity index (χ1) is 16.5. The zero-order valence-corrected chi connectivity index (χ0v) is 18.6. The molecule has 1 amide bonds. The van der Waals surface area contributed by atoms with Crippen LogP contribution < -0.4 is 16.7 Å². The smallest absolute Gasteiger partial charge is 0.338 e. The van der Waals surface area contributed by atoms with Gasteiger partial charge >= 0.3 is 5.69 Å². The van der Waals surface area contributed by atoms with Crippen molar-refractivity contribution in [1.29, 1.82) is 0 Å². The van der Waals surface area contributed by atoms with Gasteiger partial charge in [0.05, 0.1) is 22.9 Å². The SMILES string of the molecule is CC#Cc1ccc2cc(C(C)NC(=O)c3c(N)nn4cccnc34)n(-c3ccccc3)c(=O)n12. The van der Waals surface area contributed by atoms with Crippen molar-refractivity contribution in [1.82, 2.24) is 28.9 Å². The summed E-state index contributed by atoms with van der Waals surface area (Å²) in [6.07, 6.45) is 3.24. The number of anilines is 1. The third-order valence-corrected chi connectivity index (χ3v) is 5.56. The number of rotatable bonds is 4. The van der Waals surface area contributed by atoms with Gasteiger partial charge in [0, 0.05) is 12.4 Å². The maximum Gasteiger partial charge on any atom is 0.338 e. The van der Waals surface area contributed by atoms with Gasteiger partial charge in [0.1, 0.15) is 11.3 Å². The summed E-state index contributed by atoms with van der Waals surface area (Å²) in [6, 6.07) is 15.9. The van der Waals surface area contributed by atoms with Crippen molar-refractivity contribution in [3.05, 3.63) is 94.4 Å². The van der Waals surface area contributed by atoms with Crippen molar-refractivity contribution >= 4 is 22.9 Å². The van der Waals surface area contributed by atoms with Crippen molar-refractivity contribution in [2.75, 3.05) is 5.73 Å². The van der Waals surface area contributed by atoms with Crippen LogP contribution in [0.3, 0.4) is 0 Å². The molecule has 34 heavy (non-hydrogen) atoms. The number of nitrogens with one attached hydrogen (secondary N) is 1. The Balaban J connectivity index is 1.64. The molecule has 0 spiro atoms. The number of nitrogen functional groups attached to an aromatic ring is 1. The number of aromatic nitrogens is 5. The molecule has 168 valence electrons. The second kappa shape index (κ2) is 8.26. The number of hydrogen-bond donors (Lipinski definition) is 2. The van der Waals surface area contributed by atoms with Gasteiger partial charge in [0.25, 0.3) is 5.91 Å². The molecule has 0 fully saturated rings. The van der Waals surface area contributed by atoms with Gasteiger partial charge < -0.3 is 11.1 Å². The lowest BCUT2D eigenvalue weighted by Gasteiger charge is -2.20. The highest BCUT2D eigenvalue weighted by molar-refractivity contribution is 6.04. The van der Waals surface area contributed by atoms with Gasteiger partial charge in [-0.3, -0.25) is 13.8 Å². The highest BCUT2D eigenvalue weighted by atomic mass is 16.2. The molecule has 1 aromatic carbocycles. The van der Waals surface area contributed by atoms with Crippen LogP contribution in [0.15, 0.2) is 71.8 Å². The monoisotopic (exact) mass is 451 g/mol. The van der Waals surface area contributed by atoms with Crippen LogP contribution in [0.4, 0.5) is 5.82 Å². The minimum Gasteiger partial charge on any atom is -0.381 e. The highest BCUT2D eigenvalue weighted by Gasteiger charge is 2.23. The van der Waals surface area contributed by atoms with E-state index in [2.05, 4.69) is 27.2 Å². The Kier molecular flexibility index (Phi) is 5.11. The Labute approximate surface area is 194 Å². The Hall–Kier alpha value is -4.84. The number of fused-ring (bicyclic) bond motifs is 2. The van der Waals surface area contributed by atoms with Crippen LogP contribution in [0.1, 0.15) is 41.6 Å². The summed E-state index contributed by atoms with van der Waals surface area (Å²) < 4.78 is 4.60. The Morgan fingerprint density at radius 1 is 1.15 bits per heavy atom. The van der Waals surface area contributed by atoms with Crippen LogP contribution >= 0.6 is 0 Å². The first kappa shape index (κ1) is 21.0. The zero-order valence-electron chi connectivity index (χ0n) is 18.6. The van der Waals surface area contributed by atoms with Gasteiger partial charge in [-0.05, 0) is 56.2 Å². The average Bonchev–Trinajstić information content (AvgIpc) is 3.39. The van der Waals surface area contributed by atoms with E-state index in [1.165, 1.54) is 4.52 Å². The molecule has 0 aliphatic rings. The second-order valence-corrected chi connectivity index (χ2v) is 7.72. The molecule has 1 atom stereocenters. The summed E-state index contributed by atoms with van der Waals surface area (Å²) in [5.74, 6) is 5.46. The number of carbonyl (C=O) groups excluding carboxylic acids is 1. The molecule has 3 N–H and O–H groups in total. The van der Waals surface area contributed by atoms with Crippen molar-refractivity contribution in [2.24, 2.45) is 0 Å². The lowest BCUT2D eigenvalue weighted by atomic mass is 10.1. The number of hydrogen-bond acceptors (Lipinski definition) is 5. The summed E-state index contributed by atoms with van der Waals surface area (Å²) in [6.45, 7) is 3.54. The fourth-order valence-electron chi connectivity index (χ4n) is 4.05. The van der Waals surface area contributed by atoms with E-state index >= 15 is 0 Å². The van der Waals surface area contributed by atoms with Crippen LogP contribution in [-0.2, 0) is 0 Å². The number of nitrogens with zero attached hydrogens (tertiary/aromatic N) is 5. The second-order valence-electron chi connectivity index (χ2n) is 7.72. The number of carbonyl (C=O) groups is 1. The first-order valence-corrected chi connectivity index (χ1v) is 10.6. The zero-order chi connectivity index (χ0) is 23.8. The highest BCUT2D eigenvalue weighted by Crippen LogP contribution is 2.22. The van der Waals surface area contributed by atoms with Gasteiger partial charge in [-0.25, -0.2) is 14.3 Å². The molecule has 9 heteroatoms. The summed E-state index contributed by atoms with van der Waals surface area (Å²) in [7, 11) is 0. The Morgan fingerprint density at radius 3 is 2.71 bits per heavy atom. The van der Waals surface area contributed by atoms with Crippen LogP contribution in [0.25, 0.3) is 16.9 Å². The molecule has 5 rings (SSSR count). The van der Waals surface area contributed by atoms with E-state index < -0.39 is 11.9 Å². The third kappa shape index (κ3) is 3.38. The average molecular weight is 451 g/mol. The maximum atomic E-state index is 13.7. The number of amides is 1. The van der Waals surface area contributed by atoms with Crippen molar-refractivity contribution in [3.63, 3.8) is 0 Å². The standard InChI is InChI=1S/C25H21N7O2/c1-3-8-17-11-12-19-15-20(32(25(34)31(17)19)18-9-5-4-6-10-18)16(2)28-24(33)21-22(26)29-30-14-7-13-27-23(21)30/h4-7,9-16H,1-2H3,(H2,26,29)(H,28,33). The van der Waals surface area contributed by atoms with E-state index in [1.54, 1.807) is 40.4 Å². The summed E-state index contributed by atoms with van der Waals surface area (Å²) >= 11 is 0. The number of nitrogens with two attached hydrogens (primary N) is 1. The molecular weight excluding hydrogens is 430 g/mol. The van der Waals surface area contributed by atoms with E-state index in [0.717, 1.165) is 0 Å². The summed E-state index contributed by atoms with van der Waals surface area (Å²) in [4.78, 5) is 31.1. The van der Waals surface area contributed by atoms with Crippen LogP contribution in [-0.4, -0.2) is 29.5 Å². The van der Waals surface area contributed by atoms with E-state index in [9.17, 15) is 9.59 Å². The van der Waals surface area contributed by atoms with E-state index in [-0.39, 0.29) is 17.1 Å². The Morgan fingerprint density at radius 2 is 1.94 bits per heavy atom. The molecular formula is C25H21N7O2. The van der Waals surface area contributed by atoms with E-state index in [0.29, 0.717) is 28.2 Å². The molecule has 9 nitrogen and oxygen atoms in total. The van der Waals surface area contributed by atoms with Gasteiger partial charge in [0.15, 0.2) is 11.5 Å². The molecule has 0 bridgehead atoms. The van der Waals surface area contributed by atoms with Crippen molar-refractivity contribution in [3.8, 4) is 17.5 Å². The molecule has 0 saturated heterocycles. The number of para-hydroxylation sites is 1. The van der Waals surface area contributed by atoms with Gasteiger partial charge in [0.2, 0.25) is 0 Å². The van der Waals surface area contributed by atoms with Crippen molar-refractivity contribution < 1.29 is 4.79 Å². The number of benzene rings is 1. The van der Waals surface area contributed by atoms with Crippen LogP contribution in [0.2, 0.25) is 0 Å². The minimum absolute atomic E-state index is 0.0775. The molecule has 0 saturated carbocycles. The van der Waals surface area contributed by atoms with Crippen molar-refractivity contribution in [2.45, 2.75) is 19.9 Å². The molecule has 0 radical (unpaired) electrons. The summed E-state index contributed by atoms with van der Waals surface area (Å²) in [5.41, 5.74) is 8.84. The fourth-order valence-corrected chi connectivity index (χ4v) is 4.05.